The monoisotopic (exact) mass is 204 g/mol. The van der Waals surface area contributed by atoms with Crippen molar-refractivity contribution in [2.75, 3.05) is 7.05 Å². The third kappa shape index (κ3) is 1.91. The Morgan fingerprint density at radius 3 is 3.07 bits per heavy atom. The van der Waals surface area contributed by atoms with Crippen molar-refractivity contribution in [3.63, 3.8) is 0 Å². The molecule has 0 saturated heterocycles. The van der Waals surface area contributed by atoms with Crippen LogP contribution in [0.4, 0.5) is 5.69 Å². The second kappa shape index (κ2) is 3.84. The molecule has 1 amide bonds. The second-order valence-corrected chi connectivity index (χ2v) is 3.47. The summed E-state index contributed by atoms with van der Waals surface area (Å²) >= 11 is 0. The van der Waals surface area contributed by atoms with Crippen LogP contribution >= 0.6 is 0 Å². The number of likely N-dealkylation sites (N-methyl/N-ethyl adjacent to an activating group) is 1. The van der Waals surface area contributed by atoms with Gasteiger partial charge in [0.15, 0.2) is 0 Å². The molecule has 78 valence electrons. The fraction of sp³-hybridized carbons (Fsp3) is 0.182. The highest BCUT2D eigenvalue weighted by Gasteiger charge is 2.14. The van der Waals surface area contributed by atoms with Gasteiger partial charge in [-0.05, 0) is 11.6 Å². The van der Waals surface area contributed by atoms with E-state index in [-0.39, 0.29) is 11.0 Å². The average molecular weight is 204 g/mol. The lowest BCUT2D eigenvalue weighted by molar-refractivity contribution is -0.710. The quantitative estimate of drug-likeness (QED) is 0.665. The van der Waals surface area contributed by atoms with E-state index in [9.17, 15) is 10.0 Å². The number of carbonyl (C=O) groups excluding carboxylic acids is 1. The van der Waals surface area contributed by atoms with Crippen LogP contribution in [-0.2, 0) is 11.2 Å². The molecule has 0 aliphatic carbocycles. The zero-order chi connectivity index (χ0) is 10.8. The van der Waals surface area contributed by atoms with E-state index in [1.54, 1.807) is 25.4 Å². The zero-order valence-corrected chi connectivity index (χ0v) is 8.41. The van der Waals surface area contributed by atoms with E-state index in [1.165, 1.54) is 0 Å². The SMILES string of the molecule is CNC(=O)Cc1ccc2c(c1)[NH+]([O-])C=C2. The van der Waals surface area contributed by atoms with Crippen molar-refractivity contribution in [2.24, 2.45) is 0 Å². The van der Waals surface area contributed by atoms with Crippen LogP contribution in [0, 0.1) is 5.21 Å². The molecule has 1 aliphatic heterocycles. The first-order valence-corrected chi connectivity index (χ1v) is 4.76. The highest BCUT2D eigenvalue weighted by atomic mass is 16.5. The van der Waals surface area contributed by atoms with Crippen LogP contribution in [0.2, 0.25) is 0 Å². The normalized spacial score (nSPS) is 17.6. The van der Waals surface area contributed by atoms with Gasteiger partial charge in [0.25, 0.3) is 0 Å². The van der Waals surface area contributed by atoms with Crippen LogP contribution in [-0.4, -0.2) is 13.0 Å². The van der Waals surface area contributed by atoms with Gasteiger partial charge in [-0.2, -0.15) is 0 Å². The van der Waals surface area contributed by atoms with Gasteiger partial charge in [0.2, 0.25) is 5.91 Å². The molecular weight excluding hydrogens is 192 g/mol. The molecule has 1 heterocycles. The van der Waals surface area contributed by atoms with Crippen LogP contribution in [0.3, 0.4) is 0 Å². The smallest absolute Gasteiger partial charge is 0.224 e. The van der Waals surface area contributed by atoms with Crippen molar-refractivity contribution in [3.8, 4) is 0 Å². The van der Waals surface area contributed by atoms with Gasteiger partial charge in [-0.25, -0.2) is 0 Å². The number of amides is 1. The van der Waals surface area contributed by atoms with Crippen molar-refractivity contribution in [2.45, 2.75) is 6.42 Å². The fourth-order valence-corrected chi connectivity index (χ4v) is 1.60. The summed E-state index contributed by atoms with van der Waals surface area (Å²) in [6.45, 7) is 0. The van der Waals surface area contributed by atoms with Crippen LogP contribution in [0.5, 0.6) is 0 Å². The number of hydrogen-bond donors (Lipinski definition) is 2. The highest BCUT2D eigenvalue weighted by molar-refractivity contribution is 5.79. The summed E-state index contributed by atoms with van der Waals surface area (Å²) in [6, 6.07) is 5.53. The molecule has 0 bridgehead atoms. The Balaban J connectivity index is 2.23. The summed E-state index contributed by atoms with van der Waals surface area (Å²) in [4.78, 5) is 11.2. The van der Waals surface area contributed by atoms with Gasteiger partial charge >= 0.3 is 0 Å². The number of hydrogen-bond acceptors (Lipinski definition) is 2. The maximum atomic E-state index is 11.4. The van der Waals surface area contributed by atoms with Crippen molar-refractivity contribution < 1.29 is 9.86 Å². The number of fused-ring (bicyclic) bond motifs is 1. The first-order chi connectivity index (χ1) is 7.20. The van der Waals surface area contributed by atoms with Crippen molar-refractivity contribution in [3.05, 3.63) is 40.7 Å². The molecular formula is C11H12N2O2. The summed E-state index contributed by atoms with van der Waals surface area (Å²) in [5.74, 6) is -0.0478. The van der Waals surface area contributed by atoms with E-state index in [0.717, 1.165) is 11.1 Å². The molecule has 1 aromatic carbocycles. The van der Waals surface area contributed by atoms with Crippen molar-refractivity contribution >= 4 is 17.7 Å². The molecule has 0 saturated carbocycles. The number of hydroxylamine groups is 1. The zero-order valence-electron chi connectivity index (χ0n) is 8.41. The molecule has 2 rings (SSSR count). The Bertz CT molecular complexity index is 427. The van der Waals surface area contributed by atoms with E-state index in [0.29, 0.717) is 12.1 Å². The third-order valence-electron chi connectivity index (χ3n) is 2.44. The van der Waals surface area contributed by atoms with E-state index in [2.05, 4.69) is 5.32 Å². The van der Waals surface area contributed by atoms with Gasteiger partial charge in [0.05, 0.1) is 6.42 Å². The van der Waals surface area contributed by atoms with E-state index < -0.39 is 0 Å². The molecule has 15 heavy (non-hydrogen) atoms. The Kier molecular flexibility index (Phi) is 2.53. The standard InChI is InChI=1S/C11H12N2O2/c1-12-11(14)7-8-2-3-9-4-5-13(15)10(9)6-8/h2-6,13H,7H2,1H3,(H,12,14). The molecule has 1 aliphatic rings. The number of nitrogens with one attached hydrogen (secondary N) is 2. The molecule has 4 nitrogen and oxygen atoms in total. The number of rotatable bonds is 2. The molecule has 0 radical (unpaired) electrons. The Morgan fingerprint density at radius 2 is 2.33 bits per heavy atom. The summed E-state index contributed by atoms with van der Waals surface area (Å²) in [7, 11) is 1.60. The first kappa shape index (κ1) is 9.89. The van der Waals surface area contributed by atoms with E-state index >= 15 is 0 Å². The molecule has 0 fully saturated rings. The van der Waals surface area contributed by atoms with Gasteiger partial charge in [-0.15, -0.1) is 0 Å². The van der Waals surface area contributed by atoms with Crippen molar-refractivity contribution in [1.29, 1.82) is 0 Å². The minimum Gasteiger partial charge on any atom is -0.624 e. The van der Waals surface area contributed by atoms with E-state index in [4.69, 9.17) is 0 Å². The second-order valence-electron chi connectivity index (χ2n) is 3.47. The lowest BCUT2D eigenvalue weighted by atomic mass is 10.1. The predicted molar refractivity (Wildman–Crippen MR) is 57.2 cm³/mol. The molecule has 1 atom stereocenters. The Labute approximate surface area is 87.8 Å². The molecule has 0 spiro atoms. The molecule has 1 unspecified atom stereocenters. The van der Waals surface area contributed by atoms with Crippen LogP contribution < -0.4 is 10.4 Å². The van der Waals surface area contributed by atoms with Crippen LogP contribution in [0.15, 0.2) is 24.4 Å². The van der Waals surface area contributed by atoms with Crippen LogP contribution in [0.1, 0.15) is 11.1 Å². The minimum atomic E-state index is -0.0478. The molecule has 0 aromatic heterocycles. The van der Waals surface area contributed by atoms with Crippen LogP contribution in [0.25, 0.3) is 6.08 Å². The third-order valence-corrected chi connectivity index (χ3v) is 2.44. The molecule has 1 aromatic rings. The van der Waals surface area contributed by atoms with Crippen molar-refractivity contribution in [1.82, 2.24) is 5.32 Å². The average Bonchev–Trinajstić information content (AvgIpc) is 2.60. The van der Waals surface area contributed by atoms with Gasteiger partial charge in [0.1, 0.15) is 11.9 Å². The fourth-order valence-electron chi connectivity index (χ4n) is 1.60. The summed E-state index contributed by atoms with van der Waals surface area (Å²) in [5.41, 5.74) is 2.49. The largest absolute Gasteiger partial charge is 0.624 e. The van der Waals surface area contributed by atoms with E-state index in [1.807, 2.05) is 12.1 Å². The number of quaternary nitrogens is 1. The maximum Gasteiger partial charge on any atom is 0.224 e. The summed E-state index contributed by atoms with van der Waals surface area (Å²) < 4.78 is 0. The predicted octanol–water partition coefficient (Wildman–Crippen LogP) is -0.0264. The van der Waals surface area contributed by atoms with Gasteiger partial charge in [-0.3, -0.25) is 4.79 Å². The summed E-state index contributed by atoms with van der Waals surface area (Å²) in [6.07, 6.45) is 3.66. The number of carbonyl (C=O) groups is 1. The lowest BCUT2D eigenvalue weighted by Crippen LogP contribution is -2.95. The van der Waals surface area contributed by atoms with Gasteiger partial charge in [-0.1, -0.05) is 6.07 Å². The van der Waals surface area contributed by atoms with Gasteiger partial charge in [0, 0.05) is 24.8 Å². The number of benzene rings is 1. The Morgan fingerprint density at radius 1 is 1.53 bits per heavy atom. The topological polar surface area (TPSA) is 56.6 Å². The highest BCUT2D eigenvalue weighted by Crippen LogP contribution is 2.19. The molecule has 4 heteroatoms. The van der Waals surface area contributed by atoms with Gasteiger partial charge < -0.3 is 15.6 Å². The molecule has 2 N–H and O–H groups in total. The minimum absolute atomic E-state index is 0.0174. The first-order valence-electron chi connectivity index (χ1n) is 4.76. The Hall–Kier alpha value is -1.65. The summed E-state index contributed by atoms with van der Waals surface area (Å²) in [5, 5.41) is 14.0. The maximum absolute atomic E-state index is 11.4. The lowest BCUT2D eigenvalue weighted by Gasteiger charge is -2.14.